The minimum absolute atomic E-state index is 0.0487. The summed E-state index contributed by atoms with van der Waals surface area (Å²) in [5, 5.41) is 10.2. The molecule has 0 bridgehead atoms. The molecule has 3 heterocycles. The van der Waals surface area contributed by atoms with Gasteiger partial charge in [0.2, 0.25) is 5.88 Å². The molecular formula is C21H27N3O5S2. The summed E-state index contributed by atoms with van der Waals surface area (Å²) < 4.78 is 27.4. The summed E-state index contributed by atoms with van der Waals surface area (Å²) in [4.78, 5) is 29.6. The number of carbonyl (C=O) groups excluding carboxylic acids is 1. The second kappa shape index (κ2) is 8.46. The number of hydrogen-bond donors (Lipinski definition) is 1. The molecule has 0 radical (unpaired) electrons. The Bertz CT molecular complexity index is 1180. The van der Waals surface area contributed by atoms with Gasteiger partial charge in [-0.15, -0.1) is 0 Å². The number of sulfone groups is 1. The quantitative estimate of drug-likeness (QED) is 0.397. The van der Waals surface area contributed by atoms with Crippen molar-refractivity contribution >= 4 is 27.4 Å². The lowest BCUT2D eigenvalue weighted by atomic mass is 10.2. The monoisotopic (exact) mass is 465 g/mol. The second-order valence-corrected chi connectivity index (χ2v) is 11.6. The van der Waals surface area contributed by atoms with E-state index in [0.29, 0.717) is 17.1 Å². The van der Waals surface area contributed by atoms with Crippen LogP contribution in [0.15, 0.2) is 22.1 Å². The van der Waals surface area contributed by atoms with E-state index in [1.165, 1.54) is 0 Å². The molecule has 31 heavy (non-hydrogen) atoms. The number of rotatable bonds is 6. The molecular weight excluding hydrogens is 438 g/mol. The first-order chi connectivity index (χ1) is 14.7. The number of thioether (sulfide) groups is 1. The predicted molar refractivity (Wildman–Crippen MR) is 119 cm³/mol. The predicted octanol–water partition coefficient (Wildman–Crippen LogP) is 2.82. The Kier molecular flexibility index (Phi) is 6.04. The van der Waals surface area contributed by atoms with E-state index in [1.807, 2.05) is 24.5 Å². The molecule has 0 aromatic carbocycles. The minimum atomic E-state index is -3.03. The van der Waals surface area contributed by atoms with E-state index in [0.717, 1.165) is 54.9 Å². The molecule has 8 nitrogen and oxygen atoms in total. The third-order valence-corrected chi connectivity index (χ3v) is 8.99. The normalized spacial score (nSPS) is 21.0. The maximum atomic E-state index is 13.0. The van der Waals surface area contributed by atoms with Crippen LogP contribution in [0, 0.1) is 13.8 Å². The number of aromatic hydroxyl groups is 1. The van der Waals surface area contributed by atoms with Crippen LogP contribution in [0.25, 0.3) is 0 Å². The van der Waals surface area contributed by atoms with Crippen LogP contribution in [-0.2, 0) is 9.84 Å². The van der Waals surface area contributed by atoms with Crippen LogP contribution in [0.5, 0.6) is 5.88 Å². The number of ketones is 1. The molecule has 2 fully saturated rings. The van der Waals surface area contributed by atoms with Crippen molar-refractivity contribution in [2.45, 2.75) is 63.2 Å². The third-order valence-electron chi connectivity index (χ3n) is 6.29. The summed E-state index contributed by atoms with van der Waals surface area (Å²) in [7, 11) is -3.03. The Morgan fingerprint density at radius 1 is 1.16 bits per heavy atom. The van der Waals surface area contributed by atoms with Crippen molar-refractivity contribution in [3.63, 3.8) is 0 Å². The van der Waals surface area contributed by atoms with Crippen LogP contribution >= 0.6 is 11.8 Å². The highest BCUT2D eigenvalue weighted by Gasteiger charge is 2.32. The Hall–Kier alpha value is -2.07. The van der Waals surface area contributed by atoms with E-state index in [2.05, 4.69) is 4.98 Å². The summed E-state index contributed by atoms with van der Waals surface area (Å²) in [5.74, 6) is -0.0892. The Balaban J connectivity index is 1.55. The molecule has 1 N–H and O–H groups in total. The number of carbonyl (C=O) groups is 1. The number of Topliss-reactive ketones (excluding diaryl/α,β-unsaturated/α-hetero) is 1. The lowest BCUT2D eigenvalue weighted by Gasteiger charge is -2.17. The Labute approximate surface area is 185 Å². The van der Waals surface area contributed by atoms with Crippen LogP contribution in [0.1, 0.15) is 65.9 Å². The van der Waals surface area contributed by atoms with Gasteiger partial charge < -0.3 is 9.67 Å². The van der Waals surface area contributed by atoms with Gasteiger partial charge in [0, 0.05) is 29.0 Å². The molecule has 10 heteroatoms. The summed E-state index contributed by atoms with van der Waals surface area (Å²) >= 11 is 1.16. The van der Waals surface area contributed by atoms with Gasteiger partial charge in [0.25, 0.3) is 5.56 Å². The molecule has 168 valence electrons. The van der Waals surface area contributed by atoms with Crippen molar-refractivity contribution in [2.24, 2.45) is 0 Å². The highest BCUT2D eigenvalue weighted by Crippen LogP contribution is 2.33. The van der Waals surface area contributed by atoms with Gasteiger partial charge in [0.1, 0.15) is 0 Å². The average Bonchev–Trinajstić information content (AvgIpc) is 3.39. The standard InChI is InChI=1S/C21H27N3O5S2/c1-13-9-17(14(2)23(13)16-7-8-31(28,29)12-16)18(25)11-30-21-22-19(26)10-20(27)24(21)15-5-3-4-6-15/h9-10,15-16,26H,3-8,11-12H2,1-2H3/t16-/m0/s1. The summed E-state index contributed by atoms with van der Waals surface area (Å²) in [6.07, 6.45) is 4.42. The Morgan fingerprint density at radius 3 is 2.52 bits per heavy atom. The van der Waals surface area contributed by atoms with Gasteiger partial charge in [0.15, 0.2) is 20.8 Å². The molecule has 0 unspecified atom stereocenters. The molecule has 2 aliphatic rings. The van der Waals surface area contributed by atoms with Gasteiger partial charge in [-0.05, 0) is 39.2 Å². The minimum Gasteiger partial charge on any atom is -0.493 e. The molecule has 0 spiro atoms. The van der Waals surface area contributed by atoms with Crippen LogP contribution in [-0.4, -0.2) is 50.7 Å². The van der Waals surface area contributed by atoms with Crippen LogP contribution in [0.4, 0.5) is 0 Å². The van der Waals surface area contributed by atoms with Gasteiger partial charge in [-0.3, -0.25) is 14.2 Å². The maximum Gasteiger partial charge on any atom is 0.258 e. The SMILES string of the molecule is Cc1cc(C(=O)CSc2nc(O)cc(=O)n2C2CCCC2)c(C)n1[C@H]1CCS(=O)(=O)C1. The van der Waals surface area contributed by atoms with E-state index in [-0.39, 0.29) is 46.6 Å². The maximum absolute atomic E-state index is 13.0. The molecule has 4 rings (SSSR count). The van der Waals surface area contributed by atoms with Crippen molar-refractivity contribution in [3.05, 3.63) is 39.4 Å². The van der Waals surface area contributed by atoms with Crippen LogP contribution in [0.3, 0.4) is 0 Å². The number of hydrogen-bond acceptors (Lipinski definition) is 7. The summed E-state index contributed by atoms with van der Waals surface area (Å²) in [6.45, 7) is 3.73. The van der Waals surface area contributed by atoms with Crippen molar-refractivity contribution < 1.29 is 18.3 Å². The lowest BCUT2D eigenvalue weighted by Crippen LogP contribution is -2.25. The second-order valence-electron chi connectivity index (χ2n) is 8.47. The fourth-order valence-corrected chi connectivity index (χ4v) is 7.52. The van der Waals surface area contributed by atoms with E-state index in [1.54, 1.807) is 4.57 Å². The first-order valence-electron chi connectivity index (χ1n) is 10.5. The van der Waals surface area contributed by atoms with Crippen molar-refractivity contribution in [2.75, 3.05) is 17.3 Å². The van der Waals surface area contributed by atoms with Gasteiger partial charge in [-0.2, -0.15) is 4.98 Å². The van der Waals surface area contributed by atoms with E-state index in [9.17, 15) is 23.1 Å². The molecule has 1 atom stereocenters. The van der Waals surface area contributed by atoms with Gasteiger partial charge >= 0.3 is 0 Å². The zero-order chi connectivity index (χ0) is 22.3. The summed E-state index contributed by atoms with van der Waals surface area (Å²) in [6, 6.07) is 2.84. The molecule has 2 aromatic heterocycles. The van der Waals surface area contributed by atoms with Gasteiger partial charge in [0.05, 0.1) is 23.3 Å². The first kappa shape index (κ1) is 22.1. The highest BCUT2D eigenvalue weighted by molar-refractivity contribution is 7.99. The fraction of sp³-hybridized carbons (Fsp3) is 0.571. The molecule has 1 saturated heterocycles. The Morgan fingerprint density at radius 2 is 1.87 bits per heavy atom. The highest BCUT2D eigenvalue weighted by atomic mass is 32.2. The smallest absolute Gasteiger partial charge is 0.258 e. The number of aryl methyl sites for hydroxylation is 1. The molecule has 2 aromatic rings. The van der Waals surface area contributed by atoms with Crippen molar-refractivity contribution in [1.82, 2.24) is 14.1 Å². The molecule has 1 aliphatic carbocycles. The molecule has 1 aliphatic heterocycles. The van der Waals surface area contributed by atoms with E-state index < -0.39 is 9.84 Å². The third kappa shape index (κ3) is 4.45. The lowest BCUT2D eigenvalue weighted by molar-refractivity contribution is 0.102. The van der Waals surface area contributed by atoms with Crippen LogP contribution in [0.2, 0.25) is 0 Å². The largest absolute Gasteiger partial charge is 0.493 e. The first-order valence-corrected chi connectivity index (χ1v) is 13.3. The topological polar surface area (TPSA) is 111 Å². The summed E-state index contributed by atoms with van der Waals surface area (Å²) in [5.41, 5.74) is 1.90. The van der Waals surface area contributed by atoms with Crippen molar-refractivity contribution in [1.29, 1.82) is 0 Å². The fourth-order valence-electron chi connectivity index (χ4n) is 4.87. The average molecular weight is 466 g/mol. The van der Waals surface area contributed by atoms with Gasteiger partial charge in [-0.25, -0.2) is 8.42 Å². The number of aromatic nitrogens is 3. The molecule has 0 amide bonds. The van der Waals surface area contributed by atoms with Crippen molar-refractivity contribution in [3.8, 4) is 5.88 Å². The number of nitrogens with zero attached hydrogens (tertiary/aromatic N) is 3. The van der Waals surface area contributed by atoms with Gasteiger partial charge in [-0.1, -0.05) is 24.6 Å². The zero-order valence-electron chi connectivity index (χ0n) is 17.7. The van der Waals surface area contributed by atoms with Crippen LogP contribution < -0.4 is 5.56 Å². The van der Waals surface area contributed by atoms with E-state index in [4.69, 9.17) is 0 Å². The van der Waals surface area contributed by atoms with E-state index >= 15 is 0 Å². The zero-order valence-corrected chi connectivity index (χ0v) is 19.3. The molecule has 1 saturated carbocycles.